The van der Waals surface area contributed by atoms with Crippen LogP contribution in [0.15, 0.2) is 4.99 Å². The predicted octanol–water partition coefficient (Wildman–Crippen LogP) is 1.71. The van der Waals surface area contributed by atoms with Gasteiger partial charge in [0.25, 0.3) is 0 Å². The second kappa shape index (κ2) is 11.8. The van der Waals surface area contributed by atoms with Crippen LogP contribution in [0.5, 0.6) is 0 Å². The molecule has 1 unspecified atom stereocenters. The fraction of sp³-hybridized carbons (Fsp3) is 0.833. The van der Waals surface area contributed by atoms with Gasteiger partial charge in [-0.15, -0.1) is 24.0 Å². The molecule has 2 rings (SSSR count). The van der Waals surface area contributed by atoms with Gasteiger partial charge < -0.3 is 20.5 Å². The summed E-state index contributed by atoms with van der Waals surface area (Å²) in [4.78, 5) is 9.27. The highest BCUT2D eigenvalue weighted by atomic mass is 127. The van der Waals surface area contributed by atoms with Crippen molar-refractivity contribution in [3.05, 3.63) is 11.6 Å². The molecule has 1 aliphatic rings. The molecule has 27 heavy (non-hydrogen) atoms. The summed E-state index contributed by atoms with van der Waals surface area (Å²) in [6.45, 7) is 9.07. The fourth-order valence-corrected chi connectivity index (χ4v) is 3.18. The summed E-state index contributed by atoms with van der Waals surface area (Å²) in [6.07, 6.45) is 3.70. The second-order valence-electron chi connectivity index (χ2n) is 7.00. The number of aliphatic hydroxyl groups excluding tert-OH is 1. The lowest BCUT2D eigenvalue weighted by Gasteiger charge is -2.29. The van der Waals surface area contributed by atoms with Gasteiger partial charge in [0.15, 0.2) is 11.8 Å². The van der Waals surface area contributed by atoms with Crippen LogP contribution in [-0.4, -0.2) is 58.7 Å². The maximum atomic E-state index is 9.76. The Balaban J connectivity index is 0.00000364. The lowest BCUT2D eigenvalue weighted by molar-refractivity contribution is 0.123. The minimum atomic E-state index is -0.136. The molecule has 156 valence electrons. The van der Waals surface area contributed by atoms with Gasteiger partial charge in [0, 0.05) is 31.5 Å². The number of hydrogen-bond donors (Lipinski definition) is 3. The lowest BCUT2D eigenvalue weighted by atomic mass is 9.83. The van der Waals surface area contributed by atoms with Gasteiger partial charge in [-0.25, -0.2) is 9.67 Å². The van der Waals surface area contributed by atoms with E-state index in [2.05, 4.69) is 41.5 Å². The van der Waals surface area contributed by atoms with E-state index in [0.29, 0.717) is 13.2 Å². The van der Waals surface area contributed by atoms with Crippen molar-refractivity contribution < 1.29 is 9.84 Å². The number of rotatable bonds is 9. The predicted molar refractivity (Wildman–Crippen MR) is 117 cm³/mol. The molecule has 0 saturated heterocycles. The Labute approximate surface area is 179 Å². The SMILES string of the molecule is CCNC(=NCC(CC)(CC)CO)NC1CCc2nc(COC)nn2C1.I. The topological polar surface area (TPSA) is 96.6 Å². The molecule has 1 aliphatic heterocycles. The van der Waals surface area contributed by atoms with Crippen molar-refractivity contribution in [3.8, 4) is 0 Å². The molecule has 0 aromatic carbocycles. The summed E-state index contributed by atoms with van der Waals surface area (Å²) in [5, 5.41) is 21.1. The van der Waals surface area contributed by atoms with E-state index < -0.39 is 0 Å². The molecule has 3 N–H and O–H groups in total. The van der Waals surface area contributed by atoms with E-state index in [1.54, 1.807) is 7.11 Å². The monoisotopic (exact) mass is 494 g/mol. The Bertz CT molecular complexity index is 580. The van der Waals surface area contributed by atoms with Crippen molar-refractivity contribution >= 4 is 29.9 Å². The molecule has 9 heteroatoms. The van der Waals surface area contributed by atoms with Gasteiger partial charge in [-0.3, -0.25) is 4.99 Å². The summed E-state index contributed by atoms with van der Waals surface area (Å²) >= 11 is 0. The summed E-state index contributed by atoms with van der Waals surface area (Å²) in [5.41, 5.74) is -0.136. The van der Waals surface area contributed by atoms with E-state index >= 15 is 0 Å². The third-order valence-electron chi connectivity index (χ3n) is 5.27. The molecule has 0 bridgehead atoms. The van der Waals surface area contributed by atoms with Gasteiger partial charge in [-0.2, -0.15) is 5.10 Å². The number of methoxy groups -OCH3 is 1. The van der Waals surface area contributed by atoms with Crippen LogP contribution in [0.2, 0.25) is 0 Å². The first-order chi connectivity index (χ1) is 12.6. The molecule has 0 aliphatic carbocycles. The first kappa shape index (κ1) is 24.1. The number of guanidine groups is 1. The maximum Gasteiger partial charge on any atom is 0.191 e. The summed E-state index contributed by atoms with van der Waals surface area (Å²) < 4.78 is 7.09. The van der Waals surface area contributed by atoms with Gasteiger partial charge in [0.2, 0.25) is 0 Å². The number of nitrogens with zero attached hydrogens (tertiary/aromatic N) is 4. The highest BCUT2D eigenvalue weighted by Gasteiger charge is 2.26. The van der Waals surface area contributed by atoms with Gasteiger partial charge >= 0.3 is 0 Å². The number of aliphatic imine (C=N–C) groups is 1. The van der Waals surface area contributed by atoms with Crippen molar-refractivity contribution in [3.63, 3.8) is 0 Å². The zero-order chi connectivity index (χ0) is 19.0. The molecule has 0 amide bonds. The number of aliphatic hydroxyl groups is 1. The Morgan fingerprint density at radius 3 is 2.70 bits per heavy atom. The number of halogens is 1. The van der Waals surface area contributed by atoms with Crippen molar-refractivity contribution in [2.45, 2.75) is 65.6 Å². The minimum absolute atomic E-state index is 0. The van der Waals surface area contributed by atoms with Crippen LogP contribution in [0.3, 0.4) is 0 Å². The van der Waals surface area contributed by atoms with E-state index in [-0.39, 0.29) is 42.0 Å². The van der Waals surface area contributed by atoms with Crippen LogP contribution in [0.4, 0.5) is 0 Å². The second-order valence-corrected chi connectivity index (χ2v) is 7.00. The molecule has 1 aromatic rings. The van der Waals surface area contributed by atoms with Crippen LogP contribution >= 0.6 is 24.0 Å². The molecule has 0 fully saturated rings. The maximum absolute atomic E-state index is 9.76. The zero-order valence-electron chi connectivity index (χ0n) is 17.0. The molecule has 1 aromatic heterocycles. The first-order valence-electron chi connectivity index (χ1n) is 9.67. The van der Waals surface area contributed by atoms with Crippen LogP contribution in [0.1, 0.15) is 51.7 Å². The number of hydrogen-bond acceptors (Lipinski definition) is 5. The number of aryl methyl sites for hydroxylation is 1. The van der Waals surface area contributed by atoms with Gasteiger partial charge in [0.05, 0.1) is 19.7 Å². The van der Waals surface area contributed by atoms with E-state index in [4.69, 9.17) is 9.73 Å². The Hall–Kier alpha value is -0.940. The van der Waals surface area contributed by atoms with E-state index in [0.717, 1.165) is 56.4 Å². The van der Waals surface area contributed by atoms with E-state index in [1.807, 2.05) is 4.68 Å². The lowest BCUT2D eigenvalue weighted by Crippen LogP contribution is -2.47. The van der Waals surface area contributed by atoms with Crippen molar-refractivity contribution in [1.82, 2.24) is 25.4 Å². The largest absolute Gasteiger partial charge is 0.396 e. The molecule has 2 heterocycles. The van der Waals surface area contributed by atoms with Crippen LogP contribution in [-0.2, 0) is 24.3 Å². The third-order valence-corrected chi connectivity index (χ3v) is 5.27. The van der Waals surface area contributed by atoms with Crippen molar-refractivity contribution in [2.24, 2.45) is 10.4 Å². The normalized spacial score (nSPS) is 17.2. The quantitative estimate of drug-likeness (QED) is 0.275. The molecule has 0 spiro atoms. The molecule has 1 atom stereocenters. The Morgan fingerprint density at radius 1 is 1.37 bits per heavy atom. The number of aromatic nitrogens is 3. The molecule has 0 radical (unpaired) electrons. The van der Waals surface area contributed by atoms with Crippen LogP contribution in [0.25, 0.3) is 0 Å². The highest BCUT2D eigenvalue weighted by Crippen LogP contribution is 2.25. The average molecular weight is 494 g/mol. The smallest absolute Gasteiger partial charge is 0.191 e. The van der Waals surface area contributed by atoms with Crippen molar-refractivity contribution in [2.75, 3.05) is 26.8 Å². The van der Waals surface area contributed by atoms with E-state index in [1.165, 1.54) is 0 Å². The molecule has 8 nitrogen and oxygen atoms in total. The first-order valence-corrected chi connectivity index (χ1v) is 9.67. The summed E-state index contributed by atoms with van der Waals surface area (Å²) in [6, 6.07) is 0.254. The van der Waals surface area contributed by atoms with Crippen LogP contribution < -0.4 is 10.6 Å². The average Bonchev–Trinajstić information content (AvgIpc) is 3.05. The highest BCUT2D eigenvalue weighted by molar-refractivity contribution is 14.0. The van der Waals surface area contributed by atoms with Crippen molar-refractivity contribution in [1.29, 1.82) is 0 Å². The van der Waals surface area contributed by atoms with Gasteiger partial charge in [-0.1, -0.05) is 13.8 Å². The standard InChI is InChI=1S/C18H34N6O2.HI/c1-5-18(6-2,13-25)12-20-17(19-7-3)21-14-8-9-16-22-15(11-26-4)23-24(16)10-14;/h14,25H,5-13H2,1-4H3,(H2,19,20,21);1H. The fourth-order valence-electron chi connectivity index (χ4n) is 3.18. The Kier molecular flexibility index (Phi) is 10.5. The van der Waals surface area contributed by atoms with E-state index in [9.17, 15) is 5.11 Å². The third kappa shape index (κ3) is 6.56. The van der Waals surface area contributed by atoms with Crippen LogP contribution in [0, 0.1) is 5.41 Å². The molecular weight excluding hydrogens is 459 g/mol. The molecule has 0 saturated carbocycles. The zero-order valence-corrected chi connectivity index (χ0v) is 19.3. The summed E-state index contributed by atoms with van der Waals surface area (Å²) in [5.74, 6) is 2.56. The van der Waals surface area contributed by atoms with Gasteiger partial charge in [-0.05, 0) is 26.2 Å². The summed E-state index contributed by atoms with van der Waals surface area (Å²) in [7, 11) is 1.66. The number of ether oxygens (including phenoxy) is 1. The van der Waals surface area contributed by atoms with Gasteiger partial charge in [0.1, 0.15) is 12.4 Å². The number of fused-ring (bicyclic) bond motifs is 1. The molecular formula is C18H35IN6O2. The Morgan fingerprint density at radius 2 is 2.11 bits per heavy atom. The minimum Gasteiger partial charge on any atom is -0.396 e. The number of nitrogens with one attached hydrogen (secondary N) is 2.